The van der Waals surface area contributed by atoms with Crippen molar-refractivity contribution in [1.29, 1.82) is 0 Å². The number of aromatic nitrogens is 1. The van der Waals surface area contributed by atoms with E-state index in [2.05, 4.69) is 24.3 Å². The number of fused-ring (bicyclic) bond motifs is 3. The fraction of sp³-hybridized carbons (Fsp3) is 0.357. The minimum Gasteiger partial charge on any atom is -0.473 e. The maximum absolute atomic E-state index is 14.3. The Hall–Kier alpha value is -5.11. The van der Waals surface area contributed by atoms with Crippen molar-refractivity contribution in [2.75, 3.05) is 11.9 Å². The molecule has 3 aliphatic heterocycles. The Balaban J connectivity index is 1.13. The van der Waals surface area contributed by atoms with Gasteiger partial charge in [-0.15, -0.1) is 0 Å². The maximum Gasteiger partial charge on any atom is 0.411 e. The molecule has 1 aromatic heterocycles. The number of carbonyl (C=O) groups excluding carboxylic acids is 2. The molecule has 0 spiro atoms. The molecule has 50 heavy (non-hydrogen) atoms. The number of benzene rings is 3. The summed E-state index contributed by atoms with van der Waals surface area (Å²) in [7, 11) is 1.86. The summed E-state index contributed by atoms with van der Waals surface area (Å²) in [5.41, 5.74) is 6.64. The highest BCUT2D eigenvalue weighted by atomic mass is 16.6. The average molecular weight is 672 g/mol. The summed E-state index contributed by atoms with van der Waals surface area (Å²) in [5.74, 6) is 0.418. The molecule has 0 radical (unpaired) electrons. The minimum absolute atomic E-state index is 0.000918. The largest absolute Gasteiger partial charge is 0.473 e. The van der Waals surface area contributed by atoms with Crippen LogP contribution in [-0.4, -0.2) is 46.6 Å². The van der Waals surface area contributed by atoms with Gasteiger partial charge in [0.15, 0.2) is 0 Å². The summed E-state index contributed by atoms with van der Waals surface area (Å²) in [6.45, 7) is 6.42. The number of aryl methyl sites for hydroxylation is 1. The van der Waals surface area contributed by atoms with Crippen molar-refractivity contribution in [2.45, 2.75) is 89.7 Å². The van der Waals surface area contributed by atoms with Gasteiger partial charge in [0.25, 0.3) is 0 Å². The molecule has 258 valence electrons. The zero-order valence-electron chi connectivity index (χ0n) is 29.3. The number of hydrogen-bond acceptors (Lipinski definition) is 6. The van der Waals surface area contributed by atoms with Gasteiger partial charge in [0.2, 0.25) is 17.7 Å². The van der Waals surface area contributed by atoms with E-state index in [1.165, 1.54) is 5.57 Å². The molecule has 0 aliphatic carbocycles. The van der Waals surface area contributed by atoms with E-state index in [0.717, 1.165) is 59.2 Å². The third-order valence-electron chi connectivity index (χ3n) is 9.84. The van der Waals surface area contributed by atoms with Crippen molar-refractivity contribution in [1.82, 2.24) is 9.88 Å². The quantitative estimate of drug-likeness (QED) is 0.187. The first-order valence-corrected chi connectivity index (χ1v) is 17.6. The lowest BCUT2D eigenvalue weighted by molar-refractivity contribution is -0.119. The number of amides is 2. The molecular weight excluding hydrogens is 626 g/mol. The number of likely N-dealkylation sites (N-methyl/N-ethyl adjacent to an activating group) is 1. The maximum atomic E-state index is 14.3. The number of ether oxygens (including phenoxy) is 3. The topological polar surface area (TPSA) is 81.2 Å². The molecule has 0 saturated carbocycles. The van der Waals surface area contributed by atoms with Crippen LogP contribution in [0.3, 0.4) is 0 Å². The highest BCUT2D eigenvalue weighted by Crippen LogP contribution is 2.42. The van der Waals surface area contributed by atoms with Gasteiger partial charge < -0.3 is 19.1 Å². The first kappa shape index (κ1) is 33.4. The van der Waals surface area contributed by atoms with Gasteiger partial charge in [-0.25, -0.2) is 4.79 Å². The van der Waals surface area contributed by atoms with Gasteiger partial charge in [-0.3, -0.25) is 9.69 Å². The van der Waals surface area contributed by atoms with Crippen LogP contribution in [0.15, 0.2) is 97.1 Å². The molecule has 7 rings (SSSR count). The molecule has 0 N–H and O–H groups in total. The van der Waals surface area contributed by atoms with Crippen LogP contribution in [0.25, 0.3) is 5.57 Å². The fourth-order valence-corrected chi connectivity index (χ4v) is 7.35. The van der Waals surface area contributed by atoms with E-state index in [9.17, 15) is 9.59 Å². The number of nitrogens with zero attached hydrogens (tertiary/aromatic N) is 3. The highest BCUT2D eigenvalue weighted by Gasteiger charge is 2.42. The molecule has 3 atom stereocenters. The van der Waals surface area contributed by atoms with Gasteiger partial charge in [0.1, 0.15) is 18.8 Å². The summed E-state index contributed by atoms with van der Waals surface area (Å²) in [6.07, 6.45) is 5.99. The Morgan fingerprint density at radius 2 is 1.56 bits per heavy atom. The highest BCUT2D eigenvalue weighted by molar-refractivity contribution is 5.99. The lowest BCUT2D eigenvalue weighted by Crippen LogP contribution is -2.45. The number of pyridine rings is 1. The predicted octanol–water partition coefficient (Wildman–Crippen LogP) is 8.49. The minimum atomic E-state index is -0.532. The van der Waals surface area contributed by atoms with E-state index in [0.29, 0.717) is 31.4 Å². The van der Waals surface area contributed by atoms with Gasteiger partial charge in [-0.05, 0) is 92.8 Å². The Labute approximate surface area is 294 Å². The van der Waals surface area contributed by atoms with Gasteiger partial charge >= 0.3 is 6.09 Å². The number of hydrogen-bond donors (Lipinski definition) is 0. The standard InChI is InChI=1S/C42H45N3O5/c1-42(2,3)50-41(47)45-33-18-19-34(45)24-32(23-33)31-16-15-30-17-20-36(40(46)44(4)37(30)25-31)35-21-22-38(48-26-28-11-7-5-8-12-28)43-39(35)49-27-29-13-9-6-10-14-29/h5-16,21-23,25,33-34,36H,17-20,24,26-27H2,1-4H3/t33?,34?,36-/m1/s1. The van der Waals surface area contributed by atoms with E-state index in [4.69, 9.17) is 19.2 Å². The second kappa shape index (κ2) is 14.0. The number of anilines is 1. The molecule has 3 aliphatic rings. The molecule has 1 saturated heterocycles. The van der Waals surface area contributed by atoms with Crippen molar-refractivity contribution in [3.8, 4) is 11.8 Å². The molecule has 8 nitrogen and oxygen atoms in total. The zero-order chi connectivity index (χ0) is 34.8. The molecule has 1 fully saturated rings. The van der Waals surface area contributed by atoms with Crippen LogP contribution in [0.5, 0.6) is 11.8 Å². The molecule has 3 aromatic carbocycles. The zero-order valence-corrected chi connectivity index (χ0v) is 29.3. The van der Waals surface area contributed by atoms with Crippen molar-refractivity contribution in [2.24, 2.45) is 0 Å². The van der Waals surface area contributed by atoms with Gasteiger partial charge in [-0.2, -0.15) is 4.98 Å². The lowest BCUT2D eigenvalue weighted by Gasteiger charge is -2.35. The van der Waals surface area contributed by atoms with Crippen LogP contribution in [0.1, 0.15) is 80.2 Å². The van der Waals surface area contributed by atoms with E-state index in [1.54, 1.807) is 4.90 Å². The first-order chi connectivity index (χ1) is 24.1. The molecule has 2 bridgehead atoms. The van der Waals surface area contributed by atoms with Crippen LogP contribution in [0.2, 0.25) is 0 Å². The van der Waals surface area contributed by atoms with Crippen LogP contribution in [0, 0.1) is 0 Å². The SMILES string of the molecule is CN1C(=O)[C@@H](c2ccc(OCc3ccccc3)nc2OCc2ccccc2)CCc2ccc(C3=CC4CCC(C3)N4C(=O)OC(C)(C)C)cc21. The molecule has 2 amide bonds. The van der Waals surface area contributed by atoms with E-state index < -0.39 is 11.5 Å². The van der Waals surface area contributed by atoms with Crippen molar-refractivity contribution in [3.63, 3.8) is 0 Å². The summed E-state index contributed by atoms with van der Waals surface area (Å²) in [4.78, 5) is 35.8. The lowest BCUT2D eigenvalue weighted by atomic mass is 9.92. The summed E-state index contributed by atoms with van der Waals surface area (Å²) < 4.78 is 18.1. The van der Waals surface area contributed by atoms with Crippen molar-refractivity contribution >= 4 is 23.3 Å². The van der Waals surface area contributed by atoms with Gasteiger partial charge in [0.05, 0.1) is 12.0 Å². The van der Waals surface area contributed by atoms with Crippen LogP contribution in [0.4, 0.5) is 10.5 Å². The molecular formula is C42H45N3O5. The second-order valence-electron chi connectivity index (χ2n) is 14.5. The van der Waals surface area contributed by atoms with E-state index in [-0.39, 0.29) is 24.1 Å². The van der Waals surface area contributed by atoms with E-state index in [1.807, 2.05) is 106 Å². The number of rotatable bonds is 8. The first-order valence-electron chi connectivity index (χ1n) is 17.6. The fourth-order valence-electron chi connectivity index (χ4n) is 7.35. The third-order valence-corrected chi connectivity index (χ3v) is 9.84. The average Bonchev–Trinajstić information content (AvgIpc) is 3.32. The molecule has 2 unspecified atom stereocenters. The smallest absolute Gasteiger partial charge is 0.411 e. The van der Waals surface area contributed by atoms with Gasteiger partial charge in [0, 0.05) is 30.4 Å². The Morgan fingerprint density at radius 1 is 0.860 bits per heavy atom. The normalized spacial score (nSPS) is 20.1. The summed E-state index contributed by atoms with van der Waals surface area (Å²) in [6, 6.07) is 30.3. The van der Waals surface area contributed by atoms with Crippen molar-refractivity contribution in [3.05, 3.63) is 125 Å². The summed E-state index contributed by atoms with van der Waals surface area (Å²) in [5, 5.41) is 0. The number of carbonyl (C=O) groups is 2. The molecule has 4 aromatic rings. The van der Waals surface area contributed by atoms with Crippen LogP contribution in [-0.2, 0) is 29.2 Å². The molecule has 8 heteroatoms. The van der Waals surface area contributed by atoms with Crippen LogP contribution >= 0.6 is 0 Å². The van der Waals surface area contributed by atoms with Crippen molar-refractivity contribution < 1.29 is 23.8 Å². The summed E-state index contributed by atoms with van der Waals surface area (Å²) >= 11 is 0. The Kier molecular flexibility index (Phi) is 9.36. The molecule has 4 heterocycles. The predicted molar refractivity (Wildman–Crippen MR) is 194 cm³/mol. The monoisotopic (exact) mass is 671 g/mol. The Morgan fingerprint density at radius 3 is 2.24 bits per heavy atom. The Bertz CT molecular complexity index is 1880. The van der Waals surface area contributed by atoms with Crippen LogP contribution < -0.4 is 14.4 Å². The third kappa shape index (κ3) is 7.25. The van der Waals surface area contributed by atoms with E-state index >= 15 is 0 Å². The van der Waals surface area contributed by atoms with Gasteiger partial charge in [-0.1, -0.05) is 78.9 Å². The second-order valence-corrected chi connectivity index (χ2v) is 14.5.